The summed E-state index contributed by atoms with van der Waals surface area (Å²) in [5.41, 5.74) is 5.46. The first kappa shape index (κ1) is 49.9. The summed E-state index contributed by atoms with van der Waals surface area (Å²) in [7, 11) is -1.63. The molecule has 1 saturated carbocycles. The molecule has 1 fully saturated rings. The number of carbonyl (C=O) groups excluding carboxylic acids is 1. The summed E-state index contributed by atoms with van der Waals surface area (Å²) >= 11 is 1.86. The first-order valence-corrected chi connectivity index (χ1v) is 26.2. The number of hydrogen-bond acceptors (Lipinski definition) is 5. The van der Waals surface area contributed by atoms with Gasteiger partial charge in [0.2, 0.25) is 0 Å². The van der Waals surface area contributed by atoms with Gasteiger partial charge in [-0.1, -0.05) is 163 Å². The minimum absolute atomic E-state index is 0. The van der Waals surface area contributed by atoms with E-state index in [1.165, 1.54) is 74.6 Å². The smallest absolute Gasteiger partial charge is 0.162 e. The van der Waals surface area contributed by atoms with Crippen LogP contribution < -0.4 is 5.19 Å². The van der Waals surface area contributed by atoms with Gasteiger partial charge in [-0.15, -0.1) is 40.1 Å². The Bertz CT molecular complexity index is 2220. The number of carbonyl (C=O) groups is 1. The van der Waals surface area contributed by atoms with Crippen LogP contribution in [0.25, 0.3) is 42.3 Å². The van der Waals surface area contributed by atoms with Crippen molar-refractivity contribution in [2.45, 2.75) is 147 Å². The van der Waals surface area contributed by atoms with Crippen molar-refractivity contribution in [3.63, 3.8) is 0 Å². The Kier molecular flexibility index (Phi) is 16.8. The molecule has 2 aromatic heterocycles. The fourth-order valence-corrected chi connectivity index (χ4v) is 16.5. The van der Waals surface area contributed by atoms with E-state index in [1.54, 1.807) is 11.5 Å². The molecule has 1 aliphatic carbocycles. The van der Waals surface area contributed by atoms with Crippen molar-refractivity contribution in [1.82, 2.24) is 9.97 Å². The van der Waals surface area contributed by atoms with E-state index in [2.05, 4.69) is 158 Å². The summed E-state index contributed by atoms with van der Waals surface area (Å²) in [6.45, 7) is 33.6. The molecule has 329 valence electrons. The molecule has 60 heavy (non-hydrogen) atoms. The standard InChI is InChI=1S/C36H43N2SSi.C17H32O2.Ir/c1-8-40(9-2,10-3)31-19-26(17-25-13-11-12-14-28(25)31)32-34-33(38-23-37-32)29-16-15-24(18-30(29)39-34)27-20-35(4,5)22-36(6,7)21-27;1-10(2)16(11(3)4)14(18)9-15(19)17(12(5)6)13(7)8;/h11-16,18-19,23,27H,8-10,20-22H2,1-7H3;9-13,16-18H,1-8H3;/q-1;;/b;14-9-;. The third kappa shape index (κ3) is 10.9. The van der Waals surface area contributed by atoms with E-state index in [9.17, 15) is 9.90 Å². The van der Waals surface area contributed by atoms with Crippen LogP contribution in [0.1, 0.15) is 135 Å². The molecule has 1 radical (unpaired) electrons. The predicted molar refractivity (Wildman–Crippen MR) is 260 cm³/mol. The van der Waals surface area contributed by atoms with Gasteiger partial charge in [0, 0.05) is 58.5 Å². The minimum atomic E-state index is -1.63. The number of nitrogens with zero attached hydrogens (tertiary/aromatic N) is 2. The second kappa shape index (κ2) is 20.2. The van der Waals surface area contributed by atoms with Crippen molar-refractivity contribution in [2.24, 2.45) is 46.3 Å². The average Bonchev–Trinajstić information content (AvgIpc) is 3.52. The molecule has 0 atom stereocenters. The molecule has 1 N–H and O–H groups in total. The van der Waals surface area contributed by atoms with Crippen LogP contribution in [-0.2, 0) is 24.9 Å². The van der Waals surface area contributed by atoms with Crippen molar-refractivity contribution in [3.05, 3.63) is 78.3 Å². The van der Waals surface area contributed by atoms with Crippen LogP contribution in [0, 0.1) is 52.4 Å². The fourth-order valence-electron chi connectivity index (χ4n) is 11.5. The summed E-state index contributed by atoms with van der Waals surface area (Å²) in [5.74, 6) is 2.23. The largest absolute Gasteiger partial charge is 0.512 e. The molecule has 2 heterocycles. The predicted octanol–water partition coefficient (Wildman–Crippen LogP) is 15.4. The number of aliphatic hydroxyl groups is 1. The van der Waals surface area contributed by atoms with Gasteiger partial charge in [-0.3, -0.25) is 9.78 Å². The Morgan fingerprint density at radius 2 is 1.38 bits per heavy atom. The van der Waals surface area contributed by atoms with Crippen molar-refractivity contribution in [1.29, 1.82) is 0 Å². The maximum Gasteiger partial charge on any atom is 0.162 e. The first-order valence-electron chi connectivity index (χ1n) is 22.8. The second-order valence-corrected chi connectivity index (χ2v) is 27.1. The van der Waals surface area contributed by atoms with E-state index in [-0.39, 0.29) is 43.5 Å². The third-order valence-corrected chi connectivity index (χ3v) is 20.5. The summed E-state index contributed by atoms with van der Waals surface area (Å²) in [6.07, 6.45) is 7.05. The van der Waals surface area contributed by atoms with Crippen LogP contribution in [0.3, 0.4) is 0 Å². The van der Waals surface area contributed by atoms with Crippen LogP contribution in [0.2, 0.25) is 18.1 Å². The van der Waals surface area contributed by atoms with Crippen molar-refractivity contribution in [2.75, 3.05) is 0 Å². The van der Waals surface area contributed by atoms with Gasteiger partial charge in [-0.05, 0) is 71.3 Å². The van der Waals surface area contributed by atoms with E-state index in [0.717, 1.165) is 16.8 Å². The van der Waals surface area contributed by atoms with Crippen LogP contribution >= 0.6 is 11.3 Å². The summed E-state index contributed by atoms with van der Waals surface area (Å²) < 4.78 is 2.52. The summed E-state index contributed by atoms with van der Waals surface area (Å²) in [5, 5.41) is 15.7. The maximum absolute atomic E-state index is 12.3. The molecule has 0 bridgehead atoms. The van der Waals surface area contributed by atoms with Gasteiger partial charge < -0.3 is 5.11 Å². The Hall–Kier alpha value is -2.70. The first-order chi connectivity index (χ1) is 27.7. The van der Waals surface area contributed by atoms with Gasteiger partial charge in [0.05, 0.1) is 19.3 Å². The number of benzene rings is 3. The number of allylic oxidation sites excluding steroid dienone is 2. The molecule has 0 spiro atoms. The van der Waals surface area contributed by atoms with Crippen LogP contribution in [0.5, 0.6) is 0 Å². The second-order valence-electron chi connectivity index (χ2n) is 20.9. The molecule has 6 rings (SSSR count). The average molecular weight is 1020 g/mol. The van der Waals surface area contributed by atoms with Crippen molar-refractivity contribution >= 4 is 61.5 Å². The monoisotopic (exact) mass is 1020 g/mol. The zero-order valence-corrected chi connectivity index (χ0v) is 43.8. The van der Waals surface area contributed by atoms with E-state index >= 15 is 0 Å². The quantitative estimate of drug-likeness (QED) is 0.0552. The molecule has 0 saturated heterocycles. The Morgan fingerprint density at radius 1 is 0.817 bits per heavy atom. The molecule has 5 aromatic rings. The fraction of sp³-hybridized carbons (Fsp3) is 0.566. The molecule has 0 amide bonds. The molecule has 0 aliphatic heterocycles. The van der Waals surface area contributed by atoms with Crippen LogP contribution in [0.4, 0.5) is 0 Å². The van der Waals surface area contributed by atoms with E-state index in [4.69, 9.17) is 9.97 Å². The van der Waals surface area contributed by atoms with Gasteiger partial charge >= 0.3 is 0 Å². The third-order valence-electron chi connectivity index (χ3n) is 13.8. The topological polar surface area (TPSA) is 63.1 Å². The summed E-state index contributed by atoms with van der Waals surface area (Å²) in [4.78, 5) is 22.1. The normalized spacial score (nSPS) is 16.1. The van der Waals surface area contributed by atoms with Gasteiger partial charge in [0.1, 0.15) is 6.33 Å². The molecule has 7 heteroatoms. The maximum atomic E-state index is 12.3. The van der Waals surface area contributed by atoms with Crippen LogP contribution in [-0.4, -0.2) is 28.9 Å². The van der Waals surface area contributed by atoms with E-state index in [0.29, 0.717) is 40.4 Å². The molecular formula is C53H75IrN2O2SSi-. The Balaban J connectivity index is 0.000000339. The van der Waals surface area contributed by atoms with Crippen molar-refractivity contribution < 1.29 is 30.0 Å². The number of aromatic nitrogens is 2. The Labute approximate surface area is 382 Å². The zero-order chi connectivity index (χ0) is 43.6. The molecule has 1 aliphatic rings. The van der Waals surface area contributed by atoms with Crippen molar-refractivity contribution in [3.8, 4) is 11.3 Å². The number of rotatable bonds is 13. The minimum Gasteiger partial charge on any atom is -0.512 e. The summed E-state index contributed by atoms with van der Waals surface area (Å²) in [6, 6.07) is 26.0. The van der Waals surface area contributed by atoms with Gasteiger partial charge in [-0.2, -0.15) is 0 Å². The van der Waals surface area contributed by atoms with Crippen LogP contribution in [0.15, 0.2) is 66.7 Å². The molecular weight excluding hydrogens is 949 g/mol. The molecule has 3 aromatic carbocycles. The van der Waals surface area contributed by atoms with E-state index < -0.39 is 8.07 Å². The SMILES string of the molecule is CC(C)C(C(=O)/C=C(\O)C(C(C)C)C(C)C)C(C)C.CC[Si](CC)(CC)c1cc(-c2ncnc3c2sc2cc(C4CC(C)(C)CC(C)(C)C4)ccc23)[c-]c2ccccc12.[Ir]. The molecule has 4 nitrogen and oxygen atoms in total. The van der Waals surface area contributed by atoms with Gasteiger partial charge in [0.15, 0.2) is 5.78 Å². The number of thiophene rings is 1. The Morgan fingerprint density at radius 3 is 1.93 bits per heavy atom. The zero-order valence-electron chi connectivity index (χ0n) is 39.5. The number of fused-ring (bicyclic) bond motifs is 4. The number of hydrogen-bond donors (Lipinski definition) is 1. The van der Waals surface area contributed by atoms with E-state index in [1.807, 2.05) is 11.3 Å². The van der Waals surface area contributed by atoms with Gasteiger partial charge in [0.25, 0.3) is 0 Å². The molecule has 0 unspecified atom stereocenters. The number of aliphatic hydroxyl groups excluding tert-OH is 1. The number of ketones is 1. The van der Waals surface area contributed by atoms with Gasteiger partial charge in [-0.25, -0.2) is 4.98 Å².